The second-order valence-corrected chi connectivity index (χ2v) is 9.64. The maximum absolute atomic E-state index is 13.4. The van der Waals surface area contributed by atoms with Gasteiger partial charge in [0.05, 0.1) is 6.61 Å². The Morgan fingerprint density at radius 1 is 1.26 bits per heavy atom. The van der Waals surface area contributed by atoms with Crippen molar-refractivity contribution in [3.8, 4) is 5.75 Å². The van der Waals surface area contributed by atoms with Crippen molar-refractivity contribution in [2.75, 3.05) is 6.61 Å². The van der Waals surface area contributed by atoms with E-state index in [2.05, 4.69) is 18.0 Å². The van der Waals surface area contributed by atoms with Crippen LogP contribution in [0.5, 0.6) is 5.75 Å². The Balaban J connectivity index is 1.75. The highest BCUT2D eigenvalue weighted by atomic mass is 32.1. The number of nitrogens with one attached hydrogen (secondary N) is 1. The highest BCUT2D eigenvalue weighted by Crippen LogP contribution is 2.47. The second kappa shape index (κ2) is 8.71. The molecule has 162 valence electrons. The number of phenols is 1. The zero-order valence-electron chi connectivity index (χ0n) is 17.8. The van der Waals surface area contributed by atoms with Gasteiger partial charge in [-0.3, -0.25) is 9.59 Å². The molecule has 0 saturated heterocycles. The van der Waals surface area contributed by atoms with Crippen molar-refractivity contribution in [3.63, 3.8) is 0 Å². The number of aromatic hydroxyl groups is 1. The number of benzene rings is 1. The van der Waals surface area contributed by atoms with Crippen LogP contribution in [-0.4, -0.2) is 23.5 Å². The summed E-state index contributed by atoms with van der Waals surface area (Å²) >= 11 is 1.66. The predicted molar refractivity (Wildman–Crippen MR) is 121 cm³/mol. The molecule has 2 aliphatic rings. The third-order valence-corrected chi connectivity index (χ3v) is 6.88. The van der Waals surface area contributed by atoms with E-state index in [0.29, 0.717) is 30.7 Å². The smallest absolute Gasteiger partial charge is 0.315 e. The number of ether oxygens (including phenoxy) is 1. The van der Waals surface area contributed by atoms with Gasteiger partial charge in [0.15, 0.2) is 5.78 Å². The second-order valence-electron chi connectivity index (χ2n) is 8.66. The lowest BCUT2D eigenvalue weighted by Gasteiger charge is -2.40. The van der Waals surface area contributed by atoms with E-state index in [0.717, 1.165) is 11.3 Å². The number of Topliss-reactive ketones (excluding diaryl/α,β-unsaturated/α-hetero) is 1. The largest absolute Gasteiger partial charge is 0.508 e. The van der Waals surface area contributed by atoms with Gasteiger partial charge in [-0.05, 0) is 41.5 Å². The monoisotopic (exact) mass is 437 g/mol. The number of phenolic OH excluding ortho intramolecular Hbond substituents is 1. The minimum Gasteiger partial charge on any atom is -0.508 e. The molecule has 0 spiro atoms. The lowest BCUT2D eigenvalue weighted by Crippen LogP contribution is -2.42. The summed E-state index contributed by atoms with van der Waals surface area (Å²) in [6.45, 7) is 8.41. The SMILES string of the molecule is C=C1NC2=C(C(=O)CC(c3cccs3)C2)C(c2ccc(O)cc2)C1C(=O)OCC(C)C. The van der Waals surface area contributed by atoms with E-state index >= 15 is 0 Å². The van der Waals surface area contributed by atoms with Crippen molar-refractivity contribution >= 4 is 23.1 Å². The Labute approximate surface area is 186 Å². The standard InChI is InChI=1S/C25H27NO4S/c1-14(2)13-30-25(29)22-15(3)26-19-11-17(21-5-4-10-31-21)12-20(28)24(19)23(22)16-6-8-18(27)9-7-16/h4-10,14,17,22-23,26-27H,3,11-13H2,1-2H3. The van der Waals surface area contributed by atoms with Crippen LogP contribution in [0.3, 0.4) is 0 Å². The fraction of sp³-hybridized carbons (Fsp3) is 0.360. The number of allylic oxidation sites excluding steroid dienone is 2. The molecule has 2 N–H and O–H groups in total. The molecule has 0 amide bonds. The number of hydrogen-bond acceptors (Lipinski definition) is 6. The molecule has 0 saturated carbocycles. The number of thiophene rings is 1. The number of hydrogen-bond donors (Lipinski definition) is 2. The van der Waals surface area contributed by atoms with Crippen LogP contribution in [0.2, 0.25) is 0 Å². The molecule has 3 atom stereocenters. The quantitative estimate of drug-likeness (QED) is 0.653. The van der Waals surface area contributed by atoms with Gasteiger partial charge in [0.2, 0.25) is 0 Å². The van der Waals surface area contributed by atoms with Crippen molar-refractivity contribution in [1.29, 1.82) is 0 Å². The van der Waals surface area contributed by atoms with Gasteiger partial charge in [0.1, 0.15) is 11.7 Å². The van der Waals surface area contributed by atoms with Crippen molar-refractivity contribution in [2.24, 2.45) is 11.8 Å². The van der Waals surface area contributed by atoms with E-state index in [-0.39, 0.29) is 29.3 Å². The highest BCUT2D eigenvalue weighted by Gasteiger charge is 2.45. The lowest BCUT2D eigenvalue weighted by molar-refractivity contribution is -0.149. The summed E-state index contributed by atoms with van der Waals surface area (Å²) < 4.78 is 5.56. The Hall–Kier alpha value is -2.86. The number of carbonyl (C=O) groups excluding carboxylic acids is 2. The molecule has 1 aromatic heterocycles. The molecule has 0 fully saturated rings. The Kier molecular flexibility index (Phi) is 6.01. The minimum absolute atomic E-state index is 0.0411. The van der Waals surface area contributed by atoms with Gasteiger partial charge in [-0.1, -0.05) is 38.6 Å². The van der Waals surface area contributed by atoms with Crippen molar-refractivity contribution in [3.05, 3.63) is 75.8 Å². The van der Waals surface area contributed by atoms with Crippen LogP contribution in [-0.2, 0) is 14.3 Å². The topological polar surface area (TPSA) is 75.6 Å². The molecular formula is C25H27NO4S. The van der Waals surface area contributed by atoms with Gasteiger partial charge in [0, 0.05) is 40.1 Å². The summed E-state index contributed by atoms with van der Waals surface area (Å²) in [5.74, 6) is -1.07. The van der Waals surface area contributed by atoms with Crippen LogP contribution in [0.15, 0.2) is 65.3 Å². The van der Waals surface area contributed by atoms with Gasteiger partial charge in [-0.15, -0.1) is 11.3 Å². The Bertz CT molecular complexity index is 1020. The van der Waals surface area contributed by atoms with Gasteiger partial charge < -0.3 is 15.2 Å². The maximum atomic E-state index is 13.4. The fourth-order valence-electron chi connectivity index (χ4n) is 4.43. The van der Waals surface area contributed by atoms with Crippen LogP contribution < -0.4 is 5.32 Å². The predicted octanol–water partition coefficient (Wildman–Crippen LogP) is 4.87. The average Bonchev–Trinajstić information content (AvgIpc) is 3.26. The zero-order chi connectivity index (χ0) is 22.1. The normalized spacial score (nSPS) is 23.5. The van der Waals surface area contributed by atoms with Crippen molar-refractivity contribution in [2.45, 2.75) is 38.5 Å². The van der Waals surface area contributed by atoms with E-state index < -0.39 is 11.8 Å². The Morgan fingerprint density at radius 2 is 2.00 bits per heavy atom. The van der Waals surface area contributed by atoms with E-state index in [1.165, 1.54) is 4.88 Å². The number of ketones is 1. The molecule has 1 aliphatic carbocycles. The van der Waals surface area contributed by atoms with Crippen molar-refractivity contribution in [1.82, 2.24) is 5.32 Å². The molecule has 3 unspecified atom stereocenters. The molecule has 2 aromatic rings. The van der Waals surface area contributed by atoms with Crippen LogP contribution in [0.25, 0.3) is 0 Å². The molecule has 0 radical (unpaired) electrons. The maximum Gasteiger partial charge on any atom is 0.315 e. The lowest BCUT2D eigenvalue weighted by atomic mass is 9.69. The first-order valence-electron chi connectivity index (χ1n) is 10.6. The first kappa shape index (κ1) is 21.4. The van der Waals surface area contributed by atoms with Crippen LogP contribution in [0.1, 0.15) is 49.0 Å². The molecule has 0 bridgehead atoms. The summed E-state index contributed by atoms with van der Waals surface area (Å²) in [6, 6.07) is 10.8. The van der Waals surface area contributed by atoms with Crippen LogP contribution in [0, 0.1) is 11.8 Å². The summed E-state index contributed by atoms with van der Waals surface area (Å²) in [5, 5.41) is 15.1. The average molecular weight is 438 g/mol. The number of esters is 1. The third-order valence-electron chi connectivity index (χ3n) is 5.85. The fourth-order valence-corrected chi connectivity index (χ4v) is 5.26. The summed E-state index contributed by atoms with van der Waals surface area (Å²) in [5.41, 5.74) is 2.82. The molecule has 31 heavy (non-hydrogen) atoms. The molecular weight excluding hydrogens is 410 g/mol. The number of rotatable bonds is 5. The zero-order valence-corrected chi connectivity index (χ0v) is 18.6. The van der Waals surface area contributed by atoms with Crippen molar-refractivity contribution < 1.29 is 19.4 Å². The minimum atomic E-state index is -0.704. The molecule has 6 heteroatoms. The first-order valence-corrected chi connectivity index (χ1v) is 11.4. The molecule has 2 heterocycles. The van der Waals surface area contributed by atoms with Gasteiger partial charge >= 0.3 is 5.97 Å². The molecule has 1 aliphatic heterocycles. The molecule has 4 rings (SSSR count). The van der Waals surface area contributed by atoms with E-state index in [9.17, 15) is 14.7 Å². The van der Waals surface area contributed by atoms with E-state index in [4.69, 9.17) is 4.74 Å². The Morgan fingerprint density at radius 3 is 2.65 bits per heavy atom. The van der Waals surface area contributed by atoms with Gasteiger partial charge in [-0.25, -0.2) is 0 Å². The molecule has 1 aromatic carbocycles. The van der Waals surface area contributed by atoms with Crippen LogP contribution in [0.4, 0.5) is 0 Å². The van der Waals surface area contributed by atoms with Gasteiger partial charge in [-0.2, -0.15) is 0 Å². The third kappa shape index (κ3) is 4.30. The van der Waals surface area contributed by atoms with E-state index in [1.807, 2.05) is 25.3 Å². The number of carbonyl (C=O) groups is 2. The highest BCUT2D eigenvalue weighted by molar-refractivity contribution is 7.10. The van der Waals surface area contributed by atoms with E-state index in [1.54, 1.807) is 35.6 Å². The van der Waals surface area contributed by atoms with Gasteiger partial charge in [0.25, 0.3) is 0 Å². The summed E-state index contributed by atoms with van der Waals surface area (Å²) in [4.78, 5) is 27.7. The summed E-state index contributed by atoms with van der Waals surface area (Å²) in [7, 11) is 0. The molecule has 5 nitrogen and oxygen atoms in total. The first-order chi connectivity index (χ1) is 14.8. The van der Waals surface area contributed by atoms with Crippen LogP contribution >= 0.6 is 11.3 Å². The summed E-state index contributed by atoms with van der Waals surface area (Å²) in [6.07, 6.45) is 1.11.